The van der Waals surface area contributed by atoms with E-state index in [2.05, 4.69) is 45.5 Å². The Hall–Kier alpha value is -0.380. The number of ether oxygens (including phenoxy) is 1. The van der Waals surface area contributed by atoms with E-state index >= 15 is 0 Å². The van der Waals surface area contributed by atoms with E-state index in [1.54, 1.807) is 0 Å². The lowest BCUT2D eigenvalue weighted by Crippen LogP contribution is -2.21. The van der Waals surface area contributed by atoms with Gasteiger partial charge >= 0.3 is 0 Å². The third-order valence-electron chi connectivity index (χ3n) is 2.88. The first kappa shape index (κ1) is 11.1. The number of nitrogens with one attached hydrogen (secondary N) is 1. The summed E-state index contributed by atoms with van der Waals surface area (Å²) in [6, 6.07) is 8.44. The van der Waals surface area contributed by atoms with Gasteiger partial charge in [-0.1, -0.05) is 28.1 Å². The number of halogens is 1. The molecule has 1 aliphatic heterocycles. The summed E-state index contributed by atoms with van der Waals surface area (Å²) < 4.78 is 6.91. The van der Waals surface area contributed by atoms with E-state index in [4.69, 9.17) is 4.74 Å². The Kier molecular flexibility index (Phi) is 3.78. The fourth-order valence-electron chi connectivity index (χ4n) is 2.13. The van der Waals surface area contributed by atoms with Crippen LogP contribution < -0.4 is 5.32 Å². The summed E-state index contributed by atoms with van der Waals surface area (Å²) in [6.45, 7) is 1.91. The molecule has 0 aliphatic carbocycles. The van der Waals surface area contributed by atoms with Gasteiger partial charge in [0, 0.05) is 23.5 Å². The minimum Gasteiger partial charge on any atom is -0.373 e. The van der Waals surface area contributed by atoms with Crippen LogP contribution in [0.2, 0.25) is 0 Å². The van der Waals surface area contributed by atoms with E-state index in [9.17, 15) is 0 Å². The zero-order chi connectivity index (χ0) is 10.7. The third kappa shape index (κ3) is 2.60. The second-order valence-electron chi connectivity index (χ2n) is 3.95. The highest BCUT2D eigenvalue weighted by Crippen LogP contribution is 2.34. The molecule has 3 heteroatoms. The van der Waals surface area contributed by atoms with Crippen molar-refractivity contribution in [2.45, 2.75) is 12.5 Å². The Labute approximate surface area is 99.1 Å². The second kappa shape index (κ2) is 5.10. The largest absolute Gasteiger partial charge is 0.373 e. The van der Waals surface area contributed by atoms with Crippen LogP contribution in [0.4, 0.5) is 0 Å². The lowest BCUT2D eigenvalue weighted by Gasteiger charge is -2.18. The van der Waals surface area contributed by atoms with Crippen LogP contribution in [-0.4, -0.2) is 20.2 Å². The fourth-order valence-corrected chi connectivity index (χ4v) is 2.39. The molecule has 0 radical (unpaired) electrons. The first-order chi connectivity index (χ1) is 7.31. The summed E-state index contributed by atoms with van der Waals surface area (Å²) in [5.74, 6) is 0.608. The minimum atomic E-state index is 0.269. The molecule has 2 atom stereocenters. The van der Waals surface area contributed by atoms with Gasteiger partial charge in [-0.25, -0.2) is 0 Å². The van der Waals surface area contributed by atoms with E-state index in [1.165, 1.54) is 5.56 Å². The maximum absolute atomic E-state index is 5.79. The molecule has 15 heavy (non-hydrogen) atoms. The van der Waals surface area contributed by atoms with Gasteiger partial charge in [0.25, 0.3) is 0 Å². The molecule has 1 aromatic rings. The topological polar surface area (TPSA) is 21.3 Å². The summed E-state index contributed by atoms with van der Waals surface area (Å²) >= 11 is 3.45. The van der Waals surface area contributed by atoms with Gasteiger partial charge in [0.1, 0.15) is 0 Å². The monoisotopic (exact) mass is 269 g/mol. The smallest absolute Gasteiger partial charge is 0.0866 e. The highest BCUT2D eigenvalue weighted by Gasteiger charge is 2.28. The Morgan fingerprint density at radius 2 is 2.13 bits per heavy atom. The molecule has 1 aromatic carbocycles. The maximum atomic E-state index is 5.79. The van der Waals surface area contributed by atoms with Crippen LogP contribution >= 0.6 is 15.9 Å². The molecular formula is C12H16BrNO. The summed E-state index contributed by atoms with van der Waals surface area (Å²) in [5, 5.41) is 3.23. The number of hydrogen-bond acceptors (Lipinski definition) is 2. The standard InChI is InChI=1S/C12H16BrNO/c1-14-8-10-6-7-15-12(10)9-2-4-11(13)5-3-9/h2-5,10,12,14H,6-8H2,1H3. The van der Waals surface area contributed by atoms with E-state index in [-0.39, 0.29) is 6.10 Å². The van der Waals surface area contributed by atoms with E-state index in [1.807, 2.05) is 7.05 Å². The molecular weight excluding hydrogens is 254 g/mol. The van der Waals surface area contributed by atoms with Crippen LogP contribution in [0.25, 0.3) is 0 Å². The summed E-state index contributed by atoms with van der Waals surface area (Å²) in [4.78, 5) is 0. The molecule has 1 fully saturated rings. The van der Waals surface area contributed by atoms with Crippen LogP contribution in [0, 0.1) is 5.92 Å². The molecule has 1 heterocycles. The van der Waals surface area contributed by atoms with Gasteiger partial charge < -0.3 is 10.1 Å². The van der Waals surface area contributed by atoms with Crippen molar-refractivity contribution in [3.05, 3.63) is 34.3 Å². The molecule has 0 spiro atoms. The van der Waals surface area contributed by atoms with Crippen molar-refractivity contribution >= 4 is 15.9 Å². The second-order valence-corrected chi connectivity index (χ2v) is 4.87. The van der Waals surface area contributed by atoms with Crippen LogP contribution in [0.5, 0.6) is 0 Å². The van der Waals surface area contributed by atoms with E-state index < -0.39 is 0 Å². The highest BCUT2D eigenvalue weighted by atomic mass is 79.9. The average molecular weight is 270 g/mol. The minimum absolute atomic E-state index is 0.269. The SMILES string of the molecule is CNCC1CCOC1c1ccc(Br)cc1. The van der Waals surface area contributed by atoms with Gasteiger partial charge in [-0.3, -0.25) is 0 Å². The zero-order valence-electron chi connectivity index (χ0n) is 8.87. The van der Waals surface area contributed by atoms with E-state index in [0.717, 1.165) is 24.0 Å². The molecule has 2 rings (SSSR count). The Balaban J connectivity index is 2.11. The molecule has 1 saturated heterocycles. The maximum Gasteiger partial charge on any atom is 0.0866 e. The Morgan fingerprint density at radius 1 is 1.40 bits per heavy atom. The molecule has 0 aromatic heterocycles. The fraction of sp³-hybridized carbons (Fsp3) is 0.500. The summed E-state index contributed by atoms with van der Waals surface area (Å²) in [5.41, 5.74) is 1.29. The molecule has 1 aliphatic rings. The zero-order valence-corrected chi connectivity index (χ0v) is 10.5. The number of hydrogen-bond donors (Lipinski definition) is 1. The van der Waals surface area contributed by atoms with Crippen molar-refractivity contribution in [3.63, 3.8) is 0 Å². The predicted molar refractivity (Wildman–Crippen MR) is 64.9 cm³/mol. The molecule has 2 unspecified atom stereocenters. The van der Waals surface area contributed by atoms with E-state index in [0.29, 0.717) is 5.92 Å². The average Bonchev–Trinajstić information content (AvgIpc) is 2.68. The molecule has 1 N–H and O–H groups in total. The van der Waals surface area contributed by atoms with Crippen LogP contribution in [-0.2, 0) is 4.74 Å². The van der Waals surface area contributed by atoms with Crippen molar-refractivity contribution < 1.29 is 4.74 Å². The van der Waals surface area contributed by atoms with Gasteiger partial charge in [0.2, 0.25) is 0 Å². The van der Waals surface area contributed by atoms with Crippen molar-refractivity contribution in [1.29, 1.82) is 0 Å². The van der Waals surface area contributed by atoms with Crippen molar-refractivity contribution in [1.82, 2.24) is 5.32 Å². The summed E-state index contributed by atoms with van der Waals surface area (Å²) in [7, 11) is 2.00. The highest BCUT2D eigenvalue weighted by molar-refractivity contribution is 9.10. The van der Waals surface area contributed by atoms with Gasteiger partial charge in [-0.2, -0.15) is 0 Å². The molecule has 0 bridgehead atoms. The summed E-state index contributed by atoms with van der Waals surface area (Å²) in [6.07, 6.45) is 1.42. The lowest BCUT2D eigenvalue weighted by atomic mass is 9.95. The van der Waals surface area contributed by atoms with Crippen LogP contribution in [0.1, 0.15) is 18.1 Å². The number of benzene rings is 1. The van der Waals surface area contributed by atoms with Gasteiger partial charge in [0.15, 0.2) is 0 Å². The Morgan fingerprint density at radius 3 is 2.80 bits per heavy atom. The molecule has 82 valence electrons. The van der Waals surface area contributed by atoms with Crippen LogP contribution in [0.3, 0.4) is 0 Å². The first-order valence-corrected chi connectivity index (χ1v) is 6.12. The number of rotatable bonds is 3. The van der Waals surface area contributed by atoms with Gasteiger partial charge in [0.05, 0.1) is 6.10 Å². The first-order valence-electron chi connectivity index (χ1n) is 5.33. The Bertz CT molecular complexity index is 312. The molecule has 0 amide bonds. The predicted octanol–water partition coefficient (Wildman–Crippen LogP) is 2.75. The quantitative estimate of drug-likeness (QED) is 0.911. The normalized spacial score (nSPS) is 25.7. The van der Waals surface area contributed by atoms with Crippen molar-refractivity contribution in [3.8, 4) is 0 Å². The van der Waals surface area contributed by atoms with Crippen molar-refractivity contribution in [2.24, 2.45) is 5.92 Å². The van der Waals surface area contributed by atoms with Gasteiger partial charge in [-0.05, 0) is 31.2 Å². The van der Waals surface area contributed by atoms with Crippen LogP contribution in [0.15, 0.2) is 28.7 Å². The third-order valence-corrected chi connectivity index (χ3v) is 3.41. The van der Waals surface area contributed by atoms with Gasteiger partial charge in [-0.15, -0.1) is 0 Å². The molecule has 2 nitrogen and oxygen atoms in total. The molecule has 0 saturated carbocycles. The van der Waals surface area contributed by atoms with Crippen molar-refractivity contribution in [2.75, 3.05) is 20.2 Å². The lowest BCUT2D eigenvalue weighted by molar-refractivity contribution is 0.0910.